The van der Waals surface area contributed by atoms with Gasteiger partial charge in [-0.05, 0) is 24.1 Å². The van der Waals surface area contributed by atoms with E-state index in [1.807, 2.05) is 25.1 Å². The van der Waals surface area contributed by atoms with E-state index in [0.717, 1.165) is 31.5 Å². The van der Waals surface area contributed by atoms with Crippen LogP contribution in [0.25, 0.3) is 0 Å². The number of carbonyl (C=O) groups is 1. The van der Waals surface area contributed by atoms with Gasteiger partial charge in [-0.3, -0.25) is 9.69 Å². The van der Waals surface area contributed by atoms with Crippen molar-refractivity contribution in [1.82, 2.24) is 10.2 Å². The van der Waals surface area contributed by atoms with Crippen molar-refractivity contribution in [3.63, 3.8) is 0 Å². The van der Waals surface area contributed by atoms with E-state index in [4.69, 9.17) is 14.2 Å². The summed E-state index contributed by atoms with van der Waals surface area (Å²) in [6.45, 7) is 5.00. The number of carbonyl (C=O) groups excluding carboxylic acids is 1. The van der Waals surface area contributed by atoms with Crippen LogP contribution < -0.4 is 14.8 Å². The number of benzene rings is 1. The molecule has 0 bridgehead atoms. The second-order valence-electron chi connectivity index (χ2n) is 7.38. The molecule has 0 spiro atoms. The third kappa shape index (κ3) is 7.45. The van der Waals surface area contributed by atoms with Gasteiger partial charge in [0.15, 0.2) is 21.3 Å². The number of hydrogen-bond acceptors (Lipinski definition) is 7. The molecule has 1 aliphatic heterocycles. The molecular formula is C21H34N2O6S. The van der Waals surface area contributed by atoms with E-state index in [2.05, 4.69) is 10.2 Å². The number of unbranched alkanes of at least 4 members (excludes halogenated alkanes) is 2. The highest BCUT2D eigenvalue weighted by molar-refractivity contribution is 7.92. The Morgan fingerprint density at radius 2 is 1.87 bits per heavy atom. The van der Waals surface area contributed by atoms with Crippen molar-refractivity contribution in [3.05, 3.63) is 23.8 Å². The van der Waals surface area contributed by atoms with E-state index in [-0.39, 0.29) is 11.8 Å². The van der Waals surface area contributed by atoms with Crippen molar-refractivity contribution < 1.29 is 27.4 Å². The van der Waals surface area contributed by atoms with Gasteiger partial charge in [-0.25, -0.2) is 8.42 Å². The van der Waals surface area contributed by atoms with Gasteiger partial charge in [-0.15, -0.1) is 0 Å². The fourth-order valence-electron chi connectivity index (χ4n) is 3.51. The van der Waals surface area contributed by atoms with Gasteiger partial charge >= 0.3 is 0 Å². The predicted molar refractivity (Wildman–Crippen MR) is 116 cm³/mol. The van der Waals surface area contributed by atoms with E-state index < -0.39 is 21.5 Å². The molecule has 1 aromatic carbocycles. The van der Waals surface area contributed by atoms with Crippen LogP contribution in [0.3, 0.4) is 0 Å². The standard InChI is InChI=1S/C21H34N2O6S/c1-4-5-6-13-30(25,26)16-21(24)22-15-18(23-9-11-29-12-10-23)17-7-8-19(27-2)20(14-17)28-3/h7-8,14,18H,4-6,9-13,15-16H2,1-3H3,(H,22,24). The van der Waals surface area contributed by atoms with Crippen molar-refractivity contribution >= 4 is 15.7 Å². The number of rotatable bonds is 12. The lowest BCUT2D eigenvalue weighted by Gasteiger charge is -2.35. The molecule has 1 amide bonds. The average molecular weight is 443 g/mol. The Morgan fingerprint density at radius 3 is 2.50 bits per heavy atom. The molecule has 1 heterocycles. The number of nitrogens with zero attached hydrogens (tertiary/aromatic N) is 1. The third-order valence-electron chi connectivity index (χ3n) is 5.18. The van der Waals surface area contributed by atoms with Crippen molar-refractivity contribution in [3.8, 4) is 11.5 Å². The number of sulfone groups is 1. The van der Waals surface area contributed by atoms with E-state index >= 15 is 0 Å². The highest BCUT2D eigenvalue weighted by Crippen LogP contribution is 2.32. The van der Waals surface area contributed by atoms with Crippen molar-refractivity contribution in [1.29, 1.82) is 0 Å². The lowest BCUT2D eigenvalue weighted by Crippen LogP contribution is -2.44. The van der Waals surface area contributed by atoms with Crippen molar-refractivity contribution in [2.45, 2.75) is 32.2 Å². The molecule has 1 aromatic rings. The summed E-state index contributed by atoms with van der Waals surface area (Å²) in [4.78, 5) is 14.6. The SMILES string of the molecule is CCCCCS(=O)(=O)CC(=O)NCC(c1ccc(OC)c(OC)c1)N1CCOCC1. The second-order valence-corrected chi connectivity index (χ2v) is 9.57. The van der Waals surface area contributed by atoms with Gasteiger partial charge in [0, 0.05) is 19.6 Å². The normalized spacial score (nSPS) is 16.1. The lowest BCUT2D eigenvalue weighted by molar-refractivity contribution is -0.119. The number of ether oxygens (including phenoxy) is 3. The number of methoxy groups -OCH3 is 2. The molecule has 1 N–H and O–H groups in total. The quantitative estimate of drug-likeness (QED) is 0.493. The molecule has 1 saturated heterocycles. The van der Waals surface area contributed by atoms with E-state index in [9.17, 15) is 13.2 Å². The average Bonchev–Trinajstić information content (AvgIpc) is 2.74. The number of morpholine rings is 1. The van der Waals surface area contributed by atoms with Crippen molar-refractivity contribution in [2.75, 3.05) is 58.6 Å². The van der Waals surface area contributed by atoms with Gasteiger partial charge in [-0.2, -0.15) is 0 Å². The van der Waals surface area contributed by atoms with Gasteiger partial charge in [-0.1, -0.05) is 25.8 Å². The molecule has 9 heteroatoms. The first kappa shape index (κ1) is 24.4. The fourth-order valence-corrected chi connectivity index (χ4v) is 4.80. The maximum Gasteiger partial charge on any atom is 0.235 e. The summed E-state index contributed by atoms with van der Waals surface area (Å²) in [5.41, 5.74) is 0.959. The Hall–Kier alpha value is -1.84. The third-order valence-corrected chi connectivity index (χ3v) is 6.79. The fraction of sp³-hybridized carbons (Fsp3) is 0.667. The first-order chi connectivity index (χ1) is 14.4. The van der Waals surface area contributed by atoms with E-state index in [0.29, 0.717) is 37.7 Å². The molecule has 0 aliphatic carbocycles. The zero-order valence-corrected chi connectivity index (χ0v) is 19.0. The lowest BCUT2D eigenvalue weighted by atomic mass is 10.0. The van der Waals surface area contributed by atoms with E-state index in [1.165, 1.54) is 0 Å². The van der Waals surface area contributed by atoms with Crippen molar-refractivity contribution in [2.24, 2.45) is 0 Å². The maximum absolute atomic E-state index is 12.4. The zero-order valence-electron chi connectivity index (χ0n) is 18.2. The summed E-state index contributed by atoms with van der Waals surface area (Å²) in [6.07, 6.45) is 2.38. The van der Waals surface area contributed by atoms with Crippen LogP contribution in [0.4, 0.5) is 0 Å². The van der Waals surface area contributed by atoms with Crippen LogP contribution in [0, 0.1) is 0 Å². The molecule has 1 unspecified atom stereocenters. The van der Waals surface area contributed by atoms with Gasteiger partial charge in [0.1, 0.15) is 5.75 Å². The Bertz CT molecular complexity index is 778. The second kappa shape index (κ2) is 12.1. The summed E-state index contributed by atoms with van der Waals surface area (Å²) >= 11 is 0. The van der Waals surface area contributed by atoms with Gasteiger partial charge in [0.25, 0.3) is 0 Å². The topological polar surface area (TPSA) is 94.2 Å². The molecule has 0 radical (unpaired) electrons. The largest absolute Gasteiger partial charge is 0.493 e. The van der Waals surface area contributed by atoms with Crippen LogP contribution in [-0.2, 0) is 19.4 Å². The summed E-state index contributed by atoms with van der Waals surface area (Å²) in [6, 6.07) is 5.55. The minimum Gasteiger partial charge on any atom is -0.493 e. The summed E-state index contributed by atoms with van der Waals surface area (Å²) in [5.74, 6) is 0.350. The molecular weight excluding hydrogens is 408 g/mol. The first-order valence-electron chi connectivity index (χ1n) is 10.4. The minimum absolute atomic E-state index is 0.0524. The Labute approximate surface area is 179 Å². The van der Waals surface area contributed by atoms with Gasteiger partial charge in [0.05, 0.1) is 39.2 Å². The first-order valence-corrected chi connectivity index (χ1v) is 12.2. The molecule has 0 saturated carbocycles. The van der Waals surface area contributed by atoms with Crippen LogP contribution in [0.2, 0.25) is 0 Å². The molecule has 30 heavy (non-hydrogen) atoms. The summed E-state index contributed by atoms with van der Waals surface area (Å²) in [5, 5.41) is 2.82. The molecule has 0 aromatic heterocycles. The monoisotopic (exact) mass is 442 g/mol. The van der Waals surface area contributed by atoms with Crippen LogP contribution in [-0.4, -0.2) is 77.8 Å². The molecule has 170 valence electrons. The number of hydrogen-bond donors (Lipinski definition) is 1. The molecule has 2 rings (SSSR count). The predicted octanol–water partition coefficient (Wildman–Crippen LogP) is 1.80. The molecule has 8 nitrogen and oxygen atoms in total. The smallest absolute Gasteiger partial charge is 0.235 e. The Balaban J connectivity index is 2.08. The number of amides is 1. The van der Waals surface area contributed by atoms with Crippen LogP contribution in [0.15, 0.2) is 18.2 Å². The highest BCUT2D eigenvalue weighted by Gasteiger charge is 2.25. The molecule has 1 aliphatic rings. The summed E-state index contributed by atoms with van der Waals surface area (Å²) in [7, 11) is -0.231. The summed E-state index contributed by atoms with van der Waals surface area (Å²) < 4.78 is 40.5. The highest BCUT2D eigenvalue weighted by atomic mass is 32.2. The van der Waals surface area contributed by atoms with E-state index in [1.54, 1.807) is 14.2 Å². The van der Waals surface area contributed by atoms with Crippen LogP contribution >= 0.6 is 0 Å². The maximum atomic E-state index is 12.4. The Morgan fingerprint density at radius 1 is 1.17 bits per heavy atom. The van der Waals surface area contributed by atoms with Crippen LogP contribution in [0.5, 0.6) is 11.5 Å². The zero-order chi connectivity index (χ0) is 22.0. The number of nitrogens with one attached hydrogen (secondary N) is 1. The Kier molecular flexibility index (Phi) is 9.87. The van der Waals surface area contributed by atoms with Crippen LogP contribution in [0.1, 0.15) is 37.8 Å². The van der Waals surface area contributed by atoms with Gasteiger partial charge < -0.3 is 19.5 Å². The molecule has 1 fully saturated rings. The van der Waals surface area contributed by atoms with Gasteiger partial charge in [0.2, 0.25) is 5.91 Å². The molecule has 1 atom stereocenters. The minimum atomic E-state index is -3.39.